The van der Waals surface area contributed by atoms with Gasteiger partial charge < -0.3 is 14.2 Å². The topological polar surface area (TPSA) is 78.9 Å². The zero-order valence-electron chi connectivity index (χ0n) is 56.5. The number of esters is 3. The highest BCUT2D eigenvalue weighted by Crippen LogP contribution is 2.19. The van der Waals surface area contributed by atoms with Crippen LogP contribution in [-0.4, -0.2) is 37.2 Å². The minimum atomic E-state index is -0.772. The lowest BCUT2D eigenvalue weighted by Crippen LogP contribution is -2.30. The molecule has 0 N–H and O–H groups in total. The Morgan fingerprint density at radius 3 is 0.602 bits per heavy atom. The van der Waals surface area contributed by atoms with Crippen molar-refractivity contribution in [1.29, 1.82) is 0 Å². The first kappa shape index (κ1) is 80.9. The minimum Gasteiger partial charge on any atom is -0.462 e. The molecule has 1 atom stereocenters. The van der Waals surface area contributed by atoms with Crippen molar-refractivity contribution in [2.75, 3.05) is 13.2 Å². The van der Waals surface area contributed by atoms with E-state index in [-0.39, 0.29) is 31.1 Å². The van der Waals surface area contributed by atoms with Crippen LogP contribution in [0, 0.1) is 0 Å². The average molecular weight is 1170 g/mol. The molecule has 0 aliphatic rings. The van der Waals surface area contributed by atoms with Gasteiger partial charge in [-0.15, -0.1) is 0 Å². The second-order valence-electron chi connectivity index (χ2n) is 25.9. The minimum absolute atomic E-state index is 0.0669. The number of unbranched alkanes of at least 4 members (excludes halogenated alkanes) is 56. The van der Waals surface area contributed by atoms with E-state index in [2.05, 4.69) is 45.1 Å². The van der Waals surface area contributed by atoms with Gasteiger partial charge in [-0.2, -0.15) is 0 Å². The van der Waals surface area contributed by atoms with Crippen molar-refractivity contribution >= 4 is 17.9 Å². The summed E-state index contributed by atoms with van der Waals surface area (Å²) in [6.45, 7) is 6.72. The molecule has 0 spiro atoms. The average Bonchev–Trinajstić information content (AvgIpc) is 3.49. The number of hydrogen-bond donors (Lipinski definition) is 0. The van der Waals surface area contributed by atoms with Crippen LogP contribution < -0.4 is 0 Å². The maximum atomic E-state index is 13.0. The lowest BCUT2D eigenvalue weighted by atomic mass is 10.0. The molecule has 0 aliphatic carbocycles. The van der Waals surface area contributed by atoms with E-state index in [4.69, 9.17) is 14.2 Å². The van der Waals surface area contributed by atoms with Gasteiger partial charge in [0.05, 0.1) is 0 Å². The van der Waals surface area contributed by atoms with Crippen molar-refractivity contribution < 1.29 is 28.6 Å². The molecule has 83 heavy (non-hydrogen) atoms. The van der Waals surface area contributed by atoms with Crippen LogP contribution in [0.3, 0.4) is 0 Å². The molecule has 0 aliphatic heterocycles. The summed E-state index contributed by atoms with van der Waals surface area (Å²) in [6, 6.07) is 0. The predicted octanol–water partition coefficient (Wildman–Crippen LogP) is 26.1. The molecule has 0 saturated heterocycles. The highest BCUT2D eigenvalue weighted by atomic mass is 16.6. The molecule has 0 rings (SSSR count). The molecular formula is C77H146O6. The number of ether oxygens (including phenoxy) is 3. The molecule has 0 amide bonds. The van der Waals surface area contributed by atoms with E-state index >= 15 is 0 Å². The van der Waals surface area contributed by atoms with Crippen molar-refractivity contribution in [3.05, 3.63) is 24.3 Å². The van der Waals surface area contributed by atoms with Gasteiger partial charge in [0, 0.05) is 19.3 Å². The zero-order valence-corrected chi connectivity index (χ0v) is 56.5. The van der Waals surface area contributed by atoms with Gasteiger partial charge in [-0.25, -0.2) is 0 Å². The SMILES string of the molecule is CCCCCCCCC/C=C\CCCCCCCC(=O)OCC(COC(=O)CCCCCCCCCCCCCCCCCCCCC/C=C\CCCCCCCCCC)OC(=O)CCCCCCCCCCCCCCCCCCCC. The monoisotopic (exact) mass is 1170 g/mol. The summed E-state index contributed by atoms with van der Waals surface area (Å²) < 4.78 is 17.0. The summed E-state index contributed by atoms with van der Waals surface area (Å²) >= 11 is 0. The molecule has 0 saturated carbocycles. The van der Waals surface area contributed by atoms with Crippen LogP contribution in [0.4, 0.5) is 0 Å². The van der Waals surface area contributed by atoms with Crippen LogP contribution in [0.5, 0.6) is 0 Å². The van der Waals surface area contributed by atoms with Crippen LogP contribution in [0.2, 0.25) is 0 Å². The van der Waals surface area contributed by atoms with Gasteiger partial charge in [-0.05, 0) is 70.6 Å². The third-order valence-corrected chi connectivity index (χ3v) is 17.4. The molecule has 0 aromatic heterocycles. The Labute approximate surface area is 519 Å². The number of allylic oxidation sites excluding steroid dienone is 4. The van der Waals surface area contributed by atoms with Crippen LogP contribution in [0.25, 0.3) is 0 Å². The first-order valence-electron chi connectivity index (χ1n) is 37.8. The molecule has 6 nitrogen and oxygen atoms in total. The Morgan fingerprint density at radius 1 is 0.229 bits per heavy atom. The van der Waals surface area contributed by atoms with Gasteiger partial charge in [-0.1, -0.05) is 366 Å². The third-order valence-electron chi connectivity index (χ3n) is 17.4. The van der Waals surface area contributed by atoms with E-state index < -0.39 is 6.10 Å². The Kier molecular flexibility index (Phi) is 70.5. The molecular weight excluding hydrogens is 1020 g/mol. The molecule has 0 bridgehead atoms. The Morgan fingerprint density at radius 2 is 0.398 bits per heavy atom. The van der Waals surface area contributed by atoms with Crippen molar-refractivity contribution in [3.8, 4) is 0 Å². The number of carbonyl (C=O) groups is 3. The normalized spacial score (nSPS) is 12.1. The summed E-state index contributed by atoms with van der Waals surface area (Å²) in [4.78, 5) is 38.5. The Hall–Kier alpha value is -2.11. The Balaban J connectivity index is 4.17. The fraction of sp³-hybridized carbons (Fsp3) is 0.909. The molecule has 490 valence electrons. The summed E-state index contributed by atoms with van der Waals surface area (Å²) in [5.41, 5.74) is 0. The van der Waals surface area contributed by atoms with E-state index in [0.717, 1.165) is 64.2 Å². The highest BCUT2D eigenvalue weighted by Gasteiger charge is 2.20. The van der Waals surface area contributed by atoms with Crippen molar-refractivity contribution in [3.63, 3.8) is 0 Å². The van der Waals surface area contributed by atoms with Crippen molar-refractivity contribution in [2.45, 2.75) is 438 Å². The largest absolute Gasteiger partial charge is 0.462 e. The van der Waals surface area contributed by atoms with Gasteiger partial charge in [0.1, 0.15) is 13.2 Å². The maximum Gasteiger partial charge on any atom is 0.306 e. The highest BCUT2D eigenvalue weighted by molar-refractivity contribution is 5.71. The molecule has 0 radical (unpaired) electrons. The molecule has 1 unspecified atom stereocenters. The van der Waals surface area contributed by atoms with E-state index in [1.54, 1.807) is 0 Å². The van der Waals surface area contributed by atoms with Gasteiger partial charge in [0.2, 0.25) is 0 Å². The first-order valence-corrected chi connectivity index (χ1v) is 37.8. The van der Waals surface area contributed by atoms with Crippen LogP contribution in [-0.2, 0) is 28.6 Å². The van der Waals surface area contributed by atoms with Crippen LogP contribution >= 0.6 is 0 Å². The summed E-state index contributed by atoms with van der Waals surface area (Å²) in [5, 5.41) is 0. The van der Waals surface area contributed by atoms with Crippen LogP contribution in [0.1, 0.15) is 432 Å². The Bertz CT molecular complexity index is 1340. The van der Waals surface area contributed by atoms with E-state index in [1.807, 2.05) is 0 Å². The smallest absolute Gasteiger partial charge is 0.306 e. The summed E-state index contributed by atoms with van der Waals surface area (Å²) in [7, 11) is 0. The van der Waals surface area contributed by atoms with Gasteiger partial charge >= 0.3 is 17.9 Å². The first-order chi connectivity index (χ1) is 41.0. The molecule has 0 aromatic rings. The van der Waals surface area contributed by atoms with Gasteiger partial charge in [-0.3, -0.25) is 14.4 Å². The van der Waals surface area contributed by atoms with Crippen LogP contribution in [0.15, 0.2) is 24.3 Å². The van der Waals surface area contributed by atoms with E-state index in [1.165, 1.54) is 327 Å². The fourth-order valence-electron chi connectivity index (χ4n) is 11.7. The lowest BCUT2D eigenvalue weighted by molar-refractivity contribution is -0.167. The standard InChI is InChI=1S/C77H146O6/c1-4-7-10-13-16-19-22-25-28-31-33-34-35-36-37-38-39-40-41-42-43-44-45-47-49-52-55-58-61-64-67-70-76(79)82-73-74(72-81-75(78)69-66-63-60-57-54-51-48-30-27-24-21-18-15-12-9-6-3)83-77(80)71-68-65-62-59-56-53-50-46-32-29-26-23-20-17-14-11-8-5-2/h30-31,33,48,74H,4-29,32,34-47,49-73H2,1-3H3/b33-31-,48-30-. The maximum absolute atomic E-state index is 13.0. The van der Waals surface area contributed by atoms with Gasteiger partial charge in [0.25, 0.3) is 0 Å². The number of carbonyl (C=O) groups excluding carboxylic acids is 3. The number of rotatable bonds is 71. The quantitative estimate of drug-likeness (QED) is 0.0261. The molecule has 6 heteroatoms. The van der Waals surface area contributed by atoms with Gasteiger partial charge in [0.15, 0.2) is 6.10 Å². The predicted molar refractivity (Wildman–Crippen MR) is 363 cm³/mol. The number of hydrogen-bond acceptors (Lipinski definition) is 6. The summed E-state index contributed by atoms with van der Waals surface area (Å²) in [6.07, 6.45) is 89.4. The van der Waals surface area contributed by atoms with E-state index in [9.17, 15) is 14.4 Å². The summed E-state index contributed by atoms with van der Waals surface area (Å²) in [5.74, 6) is -0.840. The van der Waals surface area contributed by atoms with Crippen molar-refractivity contribution in [2.24, 2.45) is 0 Å². The molecule has 0 aromatic carbocycles. The third kappa shape index (κ3) is 70.5. The lowest BCUT2D eigenvalue weighted by Gasteiger charge is -2.18. The fourth-order valence-corrected chi connectivity index (χ4v) is 11.7. The second kappa shape index (κ2) is 72.4. The molecule has 0 heterocycles. The van der Waals surface area contributed by atoms with E-state index in [0.29, 0.717) is 19.3 Å². The van der Waals surface area contributed by atoms with Crippen molar-refractivity contribution in [1.82, 2.24) is 0 Å². The molecule has 0 fully saturated rings. The second-order valence-corrected chi connectivity index (χ2v) is 25.9. The zero-order chi connectivity index (χ0) is 59.9.